The predicted molar refractivity (Wildman–Crippen MR) is 114 cm³/mol. The molecule has 1 aliphatic rings. The average Bonchev–Trinajstić information content (AvgIpc) is 3.19. The van der Waals surface area contributed by atoms with Crippen LogP contribution in [0.15, 0.2) is 47.6 Å². The highest BCUT2D eigenvalue weighted by molar-refractivity contribution is 6.05. The molecule has 0 bridgehead atoms. The van der Waals surface area contributed by atoms with Gasteiger partial charge >= 0.3 is 0 Å². The molecule has 0 N–H and O–H groups in total. The van der Waals surface area contributed by atoms with Gasteiger partial charge < -0.3 is 9.47 Å². The first-order valence-corrected chi connectivity index (χ1v) is 9.91. The Morgan fingerprint density at radius 1 is 1.20 bits per heavy atom. The van der Waals surface area contributed by atoms with Gasteiger partial charge in [-0.15, -0.1) is 0 Å². The van der Waals surface area contributed by atoms with Crippen molar-refractivity contribution < 1.29 is 18.7 Å². The van der Waals surface area contributed by atoms with Gasteiger partial charge in [-0.2, -0.15) is 5.10 Å². The molecular weight excluding hydrogens is 385 g/mol. The summed E-state index contributed by atoms with van der Waals surface area (Å²) in [6.07, 6.45) is 0.505. The molecule has 0 aliphatic carbocycles. The SMILES string of the molecule is COc1ccc(C2=NN(C(=O)CN(C)C(C)C)C(c3ccc(F)cc3)C2)c(OC)c1. The molecule has 6 nitrogen and oxygen atoms in total. The third-order valence-corrected chi connectivity index (χ3v) is 5.41. The molecule has 0 radical (unpaired) electrons. The molecule has 1 atom stereocenters. The number of methoxy groups -OCH3 is 2. The van der Waals surface area contributed by atoms with Crippen LogP contribution < -0.4 is 9.47 Å². The van der Waals surface area contributed by atoms with Crippen molar-refractivity contribution in [2.24, 2.45) is 5.10 Å². The Labute approximate surface area is 176 Å². The van der Waals surface area contributed by atoms with E-state index in [1.165, 1.54) is 17.1 Å². The normalized spacial score (nSPS) is 16.2. The number of nitrogens with zero attached hydrogens (tertiary/aromatic N) is 3. The van der Waals surface area contributed by atoms with Gasteiger partial charge in [0.25, 0.3) is 5.91 Å². The van der Waals surface area contributed by atoms with E-state index in [2.05, 4.69) is 5.10 Å². The zero-order chi connectivity index (χ0) is 21.8. The van der Waals surface area contributed by atoms with Crippen molar-refractivity contribution >= 4 is 11.6 Å². The summed E-state index contributed by atoms with van der Waals surface area (Å²) in [5.41, 5.74) is 2.38. The Morgan fingerprint density at radius 3 is 2.50 bits per heavy atom. The van der Waals surface area contributed by atoms with Crippen LogP contribution >= 0.6 is 0 Å². The van der Waals surface area contributed by atoms with Gasteiger partial charge in [-0.3, -0.25) is 9.69 Å². The van der Waals surface area contributed by atoms with Gasteiger partial charge in [0, 0.05) is 24.1 Å². The van der Waals surface area contributed by atoms with Crippen LogP contribution in [0.1, 0.15) is 37.4 Å². The lowest BCUT2D eigenvalue weighted by molar-refractivity contribution is -0.134. The topological polar surface area (TPSA) is 54.4 Å². The number of carbonyl (C=O) groups excluding carboxylic acids is 1. The van der Waals surface area contributed by atoms with Crippen molar-refractivity contribution in [1.82, 2.24) is 9.91 Å². The summed E-state index contributed by atoms with van der Waals surface area (Å²) in [4.78, 5) is 15.1. The van der Waals surface area contributed by atoms with E-state index in [4.69, 9.17) is 9.47 Å². The van der Waals surface area contributed by atoms with E-state index in [1.807, 2.05) is 37.9 Å². The molecule has 7 heteroatoms. The Hall–Kier alpha value is -2.93. The first kappa shape index (κ1) is 21.8. The summed E-state index contributed by atoms with van der Waals surface area (Å²) < 4.78 is 24.3. The second kappa shape index (κ2) is 9.26. The number of amides is 1. The number of hydrogen-bond donors (Lipinski definition) is 0. The van der Waals surface area contributed by atoms with Crippen molar-refractivity contribution in [2.45, 2.75) is 32.4 Å². The molecule has 2 aromatic rings. The van der Waals surface area contributed by atoms with E-state index in [0.29, 0.717) is 17.9 Å². The molecule has 30 heavy (non-hydrogen) atoms. The largest absolute Gasteiger partial charge is 0.497 e. The first-order chi connectivity index (χ1) is 14.3. The Kier molecular flexibility index (Phi) is 6.72. The molecule has 2 aromatic carbocycles. The molecule has 0 spiro atoms. The number of hydrogen-bond acceptors (Lipinski definition) is 5. The van der Waals surface area contributed by atoms with Crippen LogP contribution in [0.4, 0.5) is 4.39 Å². The quantitative estimate of drug-likeness (QED) is 0.692. The number of halogens is 1. The summed E-state index contributed by atoms with van der Waals surface area (Å²) in [6, 6.07) is 11.7. The van der Waals surface area contributed by atoms with Crippen LogP contribution in [0.3, 0.4) is 0 Å². The third-order valence-electron chi connectivity index (χ3n) is 5.41. The molecule has 0 fully saturated rings. The summed E-state index contributed by atoms with van der Waals surface area (Å²) in [5.74, 6) is 0.880. The van der Waals surface area contributed by atoms with Gasteiger partial charge in [0.2, 0.25) is 0 Å². The summed E-state index contributed by atoms with van der Waals surface area (Å²) >= 11 is 0. The van der Waals surface area contributed by atoms with Crippen LogP contribution in [-0.2, 0) is 4.79 Å². The maximum atomic E-state index is 13.5. The molecule has 3 rings (SSSR count). The minimum Gasteiger partial charge on any atom is -0.497 e. The fraction of sp³-hybridized carbons (Fsp3) is 0.391. The predicted octanol–water partition coefficient (Wildman–Crippen LogP) is 3.86. The Balaban J connectivity index is 1.97. The van der Waals surface area contributed by atoms with Crippen LogP contribution in [0, 0.1) is 5.82 Å². The van der Waals surface area contributed by atoms with Crippen LogP contribution in [0.2, 0.25) is 0 Å². The van der Waals surface area contributed by atoms with Crippen LogP contribution in [0.5, 0.6) is 11.5 Å². The average molecular weight is 413 g/mol. The Bertz CT molecular complexity index is 928. The molecule has 160 valence electrons. The molecule has 0 saturated carbocycles. The second-order valence-electron chi connectivity index (χ2n) is 7.63. The molecule has 0 aromatic heterocycles. The highest BCUT2D eigenvalue weighted by Gasteiger charge is 2.34. The van der Waals surface area contributed by atoms with E-state index in [9.17, 15) is 9.18 Å². The number of benzene rings is 2. The highest BCUT2D eigenvalue weighted by Crippen LogP contribution is 2.36. The molecule has 0 saturated heterocycles. The van der Waals surface area contributed by atoms with E-state index in [0.717, 1.165) is 16.8 Å². The summed E-state index contributed by atoms with van der Waals surface area (Å²) in [6.45, 7) is 4.31. The minimum atomic E-state index is -0.313. The first-order valence-electron chi connectivity index (χ1n) is 9.91. The van der Waals surface area contributed by atoms with Gasteiger partial charge in [-0.25, -0.2) is 9.40 Å². The van der Waals surface area contributed by atoms with Gasteiger partial charge in [0.1, 0.15) is 17.3 Å². The monoisotopic (exact) mass is 413 g/mol. The number of carbonyl (C=O) groups is 1. The lowest BCUT2D eigenvalue weighted by Gasteiger charge is -2.26. The van der Waals surface area contributed by atoms with E-state index in [1.54, 1.807) is 32.4 Å². The molecular formula is C23H28FN3O3. The van der Waals surface area contributed by atoms with Crippen LogP contribution in [0.25, 0.3) is 0 Å². The number of hydrazone groups is 1. The summed E-state index contributed by atoms with van der Waals surface area (Å²) in [7, 11) is 5.09. The van der Waals surface area contributed by atoms with Gasteiger partial charge in [-0.05, 0) is 50.7 Å². The molecule has 1 unspecified atom stereocenters. The maximum Gasteiger partial charge on any atom is 0.257 e. The third kappa shape index (κ3) is 4.62. The van der Waals surface area contributed by atoms with Crippen molar-refractivity contribution in [3.63, 3.8) is 0 Å². The summed E-state index contributed by atoms with van der Waals surface area (Å²) in [5, 5.41) is 6.19. The van der Waals surface area contributed by atoms with Crippen LogP contribution in [-0.4, -0.2) is 55.4 Å². The number of ether oxygens (including phenoxy) is 2. The number of rotatable bonds is 7. The van der Waals surface area contributed by atoms with Crippen molar-refractivity contribution in [2.75, 3.05) is 27.8 Å². The fourth-order valence-corrected chi connectivity index (χ4v) is 3.35. The minimum absolute atomic E-state index is 0.108. The standard InChI is InChI=1S/C23H28FN3O3/c1-15(2)26(3)14-23(28)27-21(16-6-8-17(24)9-7-16)13-20(25-27)19-11-10-18(29-4)12-22(19)30-5/h6-12,15,21H,13-14H2,1-5H3. The fourth-order valence-electron chi connectivity index (χ4n) is 3.35. The van der Waals surface area contributed by atoms with E-state index in [-0.39, 0.29) is 30.4 Å². The zero-order valence-corrected chi connectivity index (χ0v) is 18.1. The van der Waals surface area contributed by atoms with Crippen molar-refractivity contribution in [1.29, 1.82) is 0 Å². The zero-order valence-electron chi connectivity index (χ0n) is 18.1. The lowest BCUT2D eigenvalue weighted by atomic mass is 9.97. The lowest BCUT2D eigenvalue weighted by Crippen LogP contribution is -2.39. The van der Waals surface area contributed by atoms with Gasteiger partial charge in [0.05, 0.1) is 32.5 Å². The highest BCUT2D eigenvalue weighted by atomic mass is 19.1. The van der Waals surface area contributed by atoms with E-state index < -0.39 is 0 Å². The number of likely N-dealkylation sites (N-methyl/N-ethyl adjacent to an activating group) is 1. The van der Waals surface area contributed by atoms with Gasteiger partial charge in [0.15, 0.2) is 0 Å². The second-order valence-corrected chi connectivity index (χ2v) is 7.63. The van der Waals surface area contributed by atoms with Gasteiger partial charge in [-0.1, -0.05) is 12.1 Å². The van der Waals surface area contributed by atoms with E-state index >= 15 is 0 Å². The van der Waals surface area contributed by atoms with Crippen molar-refractivity contribution in [3.05, 3.63) is 59.4 Å². The smallest absolute Gasteiger partial charge is 0.257 e. The maximum absolute atomic E-state index is 13.5. The van der Waals surface area contributed by atoms with Crippen molar-refractivity contribution in [3.8, 4) is 11.5 Å². The Morgan fingerprint density at radius 2 is 1.90 bits per heavy atom. The molecule has 1 aliphatic heterocycles. The molecule has 1 heterocycles. The molecule has 1 amide bonds.